The summed E-state index contributed by atoms with van der Waals surface area (Å²) in [5, 5.41) is 14.5. The first kappa shape index (κ1) is 14.0. The molecule has 17 heavy (non-hydrogen) atoms. The Labute approximate surface area is 114 Å². The maximum absolute atomic E-state index is 8.43. The van der Waals surface area contributed by atoms with Gasteiger partial charge in [-0.2, -0.15) is 0 Å². The third-order valence-electron chi connectivity index (χ3n) is 2.18. The maximum Gasteiger partial charge on any atom is 0.168 e. The minimum atomic E-state index is -0.376. The van der Waals surface area contributed by atoms with Crippen LogP contribution in [-0.4, -0.2) is 30.3 Å². The van der Waals surface area contributed by atoms with Crippen LogP contribution in [-0.2, 0) is 4.74 Å². The molecule has 4 N–H and O–H groups in total. The molecule has 0 amide bonds. The molecule has 0 aromatic heterocycles. The van der Waals surface area contributed by atoms with Gasteiger partial charge in [0.05, 0.1) is 6.61 Å². The quantitative estimate of drug-likeness (QED) is 0.183. The number of oxime groups is 1. The number of amidine groups is 1. The molecule has 1 atom stereocenters. The number of hydrogen-bond donors (Lipinski definition) is 3. The fraction of sp³-hybridized carbons (Fsp3) is 0.364. The molecule has 0 saturated carbocycles. The summed E-state index contributed by atoms with van der Waals surface area (Å²) < 4.78 is 6.56. The van der Waals surface area contributed by atoms with Crippen LogP contribution >= 0.6 is 22.6 Å². The molecule has 0 aliphatic heterocycles. The standard InChI is InChI=1S/C11H16IN3O2/c1-8(11(13)15-16)17-7-6-14-10-4-2-9(12)3-5-10/h2-5,8,14,16H,6-7H2,1H3,(H2,13,15). The number of hydrogen-bond acceptors (Lipinski definition) is 4. The maximum atomic E-state index is 8.43. The highest BCUT2D eigenvalue weighted by molar-refractivity contribution is 14.1. The van der Waals surface area contributed by atoms with Crippen LogP contribution in [0.2, 0.25) is 0 Å². The molecular formula is C11H16IN3O2. The van der Waals surface area contributed by atoms with Crippen LogP contribution in [0.1, 0.15) is 6.92 Å². The van der Waals surface area contributed by atoms with Crippen molar-refractivity contribution in [3.05, 3.63) is 27.8 Å². The second kappa shape index (κ2) is 7.33. The minimum Gasteiger partial charge on any atom is -0.409 e. The Morgan fingerprint density at radius 1 is 1.53 bits per heavy atom. The molecule has 6 heteroatoms. The van der Waals surface area contributed by atoms with E-state index in [1.54, 1.807) is 6.92 Å². The zero-order valence-corrected chi connectivity index (χ0v) is 11.7. The summed E-state index contributed by atoms with van der Waals surface area (Å²) in [5.41, 5.74) is 6.43. The van der Waals surface area contributed by atoms with E-state index >= 15 is 0 Å². The van der Waals surface area contributed by atoms with E-state index in [1.165, 1.54) is 3.57 Å². The van der Waals surface area contributed by atoms with Crippen molar-refractivity contribution in [1.82, 2.24) is 0 Å². The molecule has 1 aromatic rings. The predicted octanol–water partition coefficient (Wildman–Crippen LogP) is 1.85. The summed E-state index contributed by atoms with van der Waals surface area (Å²) in [6.07, 6.45) is -0.376. The Morgan fingerprint density at radius 3 is 2.76 bits per heavy atom. The van der Waals surface area contributed by atoms with Gasteiger partial charge in [0.25, 0.3) is 0 Å². The second-order valence-electron chi connectivity index (χ2n) is 3.47. The molecule has 0 aliphatic rings. The minimum absolute atomic E-state index is 0.0827. The number of ether oxygens (including phenoxy) is 1. The third kappa shape index (κ3) is 5.22. The third-order valence-corrected chi connectivity index (χ3v) is 2.89. The van der Waals surface area contributed by atoms with Crippen LogP contribution < -0.4 is 11.1 Å². The lowest BCUT2D eigenvalue weighted by molar-refractivity contribution is 0.115. The van der Waals surface area contributed by atoms with Crippen molar-refractivity contribution in [3.8, 4) is 0 Å². The lowest BCUT2D eigenvalue weighted by Gasteiger charge is -2.12. The summed E-state index contributed by atoms with van der Waals surface area (Å²) in [6, 6.07) is 8.08. The second-order valence-corrected chi connectivity index (χ2v) is 4.72. The van der Waals surface area contributed by atoms with Gasteiger partial charge in [0.1, 0.15) is 6.10 Å². The molecule has 0 aliphatic carbocycles. The van der Waals surface area contributed by atoms with Crippen molar-refractivity contribution in [2.24, 2.45) is 10.9 Å². The predicted molar refractivity (Wildman–Crippen MR) is 76.5 cm³/mol. The number of nitrogens with one attached hydrogen (secondary N) is 1. The number of nitrogens with zero attached hydrogens (tertiary/aromatic N) is 1. The lowest BCUT2D eigenvalue weighted by atomic mass is 10.3. The van der Waals surface area contributed by atoms with Crippen molar-refractivity contribution >= 4 is 34.1 Å². The van der Waals surface area contributed by atoms with E-state index in [0.29, 0.717) is 13.2 Å². The highest BCUT2D eigenvalue weighted by atomic mass is 127. The van der Waals surface area contributed by atoms with E-state index in [9.17, 15) is 0 Å². The van der Waals surface area contributed by atoms with Gasteiger partial charge in [-0.05, 0) is 53.8 Å². The molecule has 5 nitrogen and oxygen atoms in total. The molecule has 0 saturated heterocycles. The van der Waals surface area contributed by atoms with E-state index in [-0.39, 0.29) is 11.9 Å². The SMILES string of the molecule is CC(OCCNc1ccc(I)cc1)/C(N)=N/O. The van der Waals surface area contributed by atoms with Gasteiger partial charge >= 0.3 is 0 Å². The Hall–Kier alpha value is -1.02. The van der Waals surface area contributed by atoms with E-state index in [2.05, 4.69) is 33.1 Å². The van der Waals surface area contributed by atoms with Crippen LogP contribution in [0.3, 0.4) is 0 Å². The fourth-order valence-electron chi connectivity index (χ4n) is 1.17. The highest BCUT2D eigenvalue weighted by Gasteiger charge is 2.06. The van der Waals surface area contributed by atoms with Crippen LogP contribution in [0, 0.1) is 3.57 Å². The fourth-order valence-corrected chi connectivity index (χ4v) is 1.53. The number of halogens is 1. The summed E-state index contributed by atoms with van der Waals surface area (Å²) in [7, 11) is 0. The first-order chi connectivity index (χ1) is 8.13. The summed E-state index contributed by atoms with van der Waals surface area (Å²) in [5.74, 6) is 0.0827. The topological polar surface area (TPSA) is 79.9 Å². The van der Waals surface area contributed by atoms with Gasteiger partial charge in [-0.3, -0.25) is 0 Å². The van der Waals surface area contributed by atoms with Gasteiger partial charge in [0.15, 0.2) is 5.84 Å². The summed E-state index contributed by atoms with van der Waals surface area (Å²) >= 11 is 2.26. The first-order valence-electron chi connectivity index (χ1n) is 5.22. The monoisotopic (exact) mass is 349 g/mol. The van der Waals surface area contributed by atoms with Gasteiger partial charge in [0.2, 0.25) is 0 Å². The van der Waals surface area contributed by atoms with Gasteiger partial charge in [-0.25, -0.2) is 0 Å². The molecule has 0 radical (unpaired) electrons. The first-order valence-corrected chi connectivity index (χ1v) is 6.30. The normalized spacial score (nSPS) is 13.4. The molecule has 1 aromatic carbocycles. The zero-order chi connectivity index (χ0) is 12.7. The smallest absolute Gasteiger partial charge is 0.168 e. The van der Waals surface area contributed by atoms with E-state index in [1.807, 2.05) is 24.3 Å². The number of benzene rings is 1. The largest absolute Gasteiger partial charge is 0.409 e. The van der Waals surface area contributed by atoms with Crippen LogP contribution in [0.25, 0.3) is 0 Å². The van der Waals surface area contributed by atoms with E-state index < -0.39 is 0 Å². The Morgan fingerprint density at radius 2 is 2.18 bits per heavy atom. The Bertz CT molecular complexity index is 367. The number of nitrogens with two attached hydrogens (primary N) is 1. The van der Waals surface area contributed by atoms with Crippen LogP contribution in [0.4, 0.5) is 5.69 Å². The lowest BCUT2D eigenvalue weighted by Crippen LogP contribution is -2.30. The van der Waals surface area contributed by atoms with E-state index in [0.717, 1.165) is 5.69 Å². The van der Waals surface area contributed by atoms with Crippen molar-refractivity contribution in [2.45, 2.75) is 13.0 Å². The molecular weight excluding hydrogens is 333 g/mol. The summed E-state index contributed by atoms with van der Waals surface area (Å²) in [6.45, 7) is 2.90. The average molecular weight is 349 g/mol. The Kier molecular flexibility index (Phi) is 6.06. The molecule has 0 bridgehead atoms. The molecule has 0 fully saturated rings. The van der Waals surface area contributed by atoms with Crippen LogP contribution in [0.5, 0.6) is 0 Å². The van der Waals surface area contributed by atoms with Gasteiger partial charge in [-0.15, -0.1) is 0 Å². The molecule has 94 valence electrons. The molecule has 0 spiro atoms. The van der Waals surface area contributed by atoms with Crippen molar-refractivity contribution in [3.63, 3.8) is 0 Å². The van der Waals surface area contributed by atoms with Gasteiger partial charge < -0.3 is 21.0 Å². The average Bonchev–Trinajstić information content (AvgIpc) is 2.35. The number of rotatable bonds is 6. The Balaban J connectivity index is 2.22. The van der Waals surface area contributed by atoms with Crippen molar-refractivity contribution in [2.75, 3.05) is 18.5 Å². The zero-order valence-electron chi connectivity index (χ0n) is 9.56. The molecule has 1 rings (SSSR count). The van der Waals surface area contributed by atoms with Crippen molar-refractivity contribution < 1.29 is 9.94 Å². The van der Waals surface area contributed by atoms with E-state index in [4.69, 9.17) is 15.7 Å². The molecule has 1 unspecified atom stereocenters. The van der Waals surface area contributed by atoms with Gasteiger partial charge in [-0.1, -0.05) is 5.16 Å². The molecule has 0 heterocycles. The highest BCUT2D eigenvalue weighted by Crippen LogP contribution is 2.10. The number of anilines is 1. The van der Waals surface area contributed by atoms with Gasteiger partial charge in [0, 0.05) is 15.8 Å². The van der Waals surface area contributed by atoms with Crippen molar-refractivity contribution in [1.29, 1.82) is 0 Å². The summed E-state index contributed by atoms with van der Waals surface area (Å²) in [4.78, 5) is 0. The van der Waals surface area contributed by atoms with Crippen LogP contribution in [0.15, 0.2) is 29.4 Å².